The number of carbonyl (C=O) groups is 1. The lowest BCUT2D eigenvalue weighted by molar-refractivity contribution is 0.0941. The molecular weight excluding hydrogens is 466 g/mol. The number of pyridine rings is 2. The number of nitrogens with zero attached hydrogens (tertiary/aromatic N) is 5. The highest BCUT2D eigenvalue weighted by molar-refractivity contribution is 5.93. The van der Waals surface area contributed by atoms with Crippen LogP contribution in [0.3, 0.4) is 0 Å². The fourth-order valence-electron chi connectivity index (χ4n) is 4.56. The van der Waals surface area contributed by atoms with Gasteiger partial charge in [-0.05, 0) is 30.2 Å². The van der Waals surface area contributed by atoms with E-state index in [-0.39, 0.29) is 5.91 Å². The summed E-state index contributed by atoms with van der Waals surface area (Å²) in [5.74, 6) is 0.539. The van der Waals surface area contributed by atoms with Gasteiger partial charge in [0.1, 0.15) is 0 Å². The molecular formula is C29H31N5O3. The summed E-state index contributed by atoms with van der Waals surface area (Å²) in [7, 11) is 0. The molecule has 8 heteroatoms. The highest BCUT2D eigenvalue weighted by atomic mass is 16.5. The molecule has 1 aliphatic rings. The first-order chi connectivity index (χ1) is 18.1. The Kier molecular flexibility index (Phi) is 7.56. The Morgan fingerprint density at radius 3 is 2.86 bits per heavy atom. The summed E-state index contributed by atoms with van der Waals surface area (Å²) in [5, 5.41) is 0.961. The lowest BCUT2D eigenvalue weighted by Gasteiger charge is -2.29. The van der Waals surface area contributed by atoms with Crippen molar-refractivity contribution < 1.29 is 14.3 Å². The van der Waals surface area contributed by atoms with Gasteiger partial charge >= 0.3 is 0 Å². The van der Waals surface area contributed by atoms with Crippen LogP contribution in [0.25, 0.3) is 10.9 Å². The molecule has 190 valence electrons. The van der Waals surface area contributed by atoms with E-state index in [1.54, 1.807) is 23.9 Å². The predicted octanol–water partition coefficient (Wildman–Crippen LogP) is 4.48. The Balaban J connectivity index is 1.33. The molecule has 8 nitrogen and oxygen atoms in total. The third kappa shape index (κ3) is 6.03. The number of anilines is 1. The van der Waals surface area contributed by atoms with E-state index in [0.29, 0.717) is 38.7 Å². The average Bonchev–Trinajstić information content (AvgIpc) is 3.28. The van der Waals surface area contributed by atoms with Crippen molar-refractivity contribution in [2.24, 2.45) is 4.99 Å². The molecule has 5 rings (SSSR count). The molecule has 0 spiro atoms. The first-order valence-corrected chi connectivity index (χ1v) is 12.5. The van der Waals surface area contributed by atoms with Crippen molar-refractivity contribution in [3.63, 3.8) is 0 Å². The quantitative estimate of drug-likeness (QED) is 0.334. The summed E-state index contributed by atoms with van der Waals surface area (Å²) < 4.78 is 13.3. The highest BCUT2D eigenvalue weighted by Crippen LogP contribution is 2.24. The van der Waals surface area contributed by atoms with Crippen molar-refractivity contribution in [1.82, 2.24) is 14.5 Å². The Labute approximate surface area is 216 Å². The van der Waals surface area contributed by atoms with Crippen molar-refractivity contribution in [3.05, 3.63) is 83.4 Å². The molecule has 0 saturated carbocycles. The summed E-state index contributed by atoms with van der Waals surface area (Å²) in [6.07, 6.45) is 7.89. The van der Waals surface area contributed by atoms with E-state index >= 15 is 0 Å². The number of morpholine rings is 1. The van der Waals surface area contributed by atoms with Crippen molar-refractivity contribution in [1.29, 1.82) is 0 Å². The van der Waals surface area contributed by atoms with E-state index in [2.05, 4.69) is 40.0 Å². The van der Waals surface area contributed by atoms with Crippen LogP contribution in [0, 0.1) is 6.92 Å². The van der Waals surface area contributed by atoms with Crippen molar-refractivity contribution >= 4 is 28.7 Å². The zero-order valence-electron chi connectivity index (χ0n) is 21.3. The van der Waals surface area contributed by atoms with E-state index in [9.17, 15) is 4.79 Å². The van der Waals surface area contributed by atoms with E-state index in [0.717, 1.165) is 46.5 Å². The molecule has 0 aliphatic carbocycles. The molecule has 0 N–H and O–H groups in total. The normalized spacial score (nSPS) is 13.9. The van der Waals surface area contributed by atoms with Crippen LogP contribution in [0.4, 0.5) is 5.69 Å². The van der Waals surface area contributed by atoms with Gasteiger partial charge in [0, 0.05) is 68.4 Å². The lowest BCUT2D eigenvalue weighted by Crippen LogP contribution is -2.36. The lowest BCUT2D eigenvalue weighted by atomic mass is 10.1. The summed E-state index contributed by atoms with van der Waals surface area (Å²) in [6.45, 7) is 7.58. The average molecular weight is 498 g/mol. The number of hydrogen-bond donors (Lipinski definition) is 0. The number of aliphatic imine (C=N–C) groups is 1. The third-order valence-corrected chi connectivity index (χ3v) is 6.40. The number of fused-ring (bicyclic) bond motifs is 1. The van der Waals surface area contributed by atoms with Gasteiger partial charge in [0.25, 0.3) is 0 Å². The molecule has 3 aromatic heterocycles. The van der Waals surface area contributed by atoms with Gasteiger partial charge in [-0.1, -0.05) is 29.8 Å². The first kappa shape index (κ1) is 24.6. The fraction of sp³-hybridized carbons (Fsp3) is 0.310. The SMILES string of the molecule is CC(=O)n1cc(CCOc2cc(N3CCOCC3)cc(CN=Cc3cccc(C)c3)n2)c2cnccc21. The van der Waals surface area contributed by atoms with E-state index in [1.165, 1.54) is 5.56 Å². The second-order valence-electron chi connectivity index (χ2n) is 9.17. The molecule has 4 heterocycles. The number of aromatic nitrogens is 3. The minimum absolute atomic E-state index is 0.0286. The van der Waals surface area contributed by atoms with Crippen LogP contribution in [-0.2, 0) is 17.7 Å². The topological polar surface area (TPSA) is 81.8 Å². The van der Waals surface area contributed by atoms with Gasteiger partial charge in [0.15, 0.2) is 0 Å². The standard InChI is InChI=1S/C29H31N5O3/c1-21-4-3-5-23(14-21)17-31-18-25-15-26(33-9-12-36-13-10-33)16-29(32-25)37-11-7-24-20-34(22(2)35)28-6-8-30-19-27(24)28/h3-6,8,14-17,19-20H,7,9-13,18H2,1-2H3. The minimum Gasteiger partial charge on any atom is -0.477 e. The number of carbonyl (C=O) groups excluding carboxylic acids is 1. The van der Waals surface area contributed by atoms with Gasteiger partial charge in [-0.25, -0.2) is 4.98 Å². The molecule has 0 bridgehead atoms. The maximum atomic E-state index is 12.1. The monoisotopic (exact) mass is 497 g/mol. The number of rotatable bonds is 8. The van der Waals surface area contributed by atoms with Gasteiger partial charge in [-0.2, -0.15) is 0 Å². The van der Waals surface area contributed by atoms with Crippen LogP contribution in [0.15, 0.2) is 66.0 Å². The molecule has 1 aromatic carbocycles. The Morgan fingerprint density at radius 1 is 1.19 bits per heavy atom. The van der Waals surface area contributed by atoms with Crippen LogP contribution in [0.2, 0.25) is 0 Å². The van der Waals surface area contributed by atoms with Gasteiger partial charge in [0.2, 0.25) is 11.8 Å². The van der Waals surface area contributed by atoms with Crippen LogP contribution < -0.4 is 9.64 Å². The largest absolute Gasteiger partial charge is 0.477 e. The summed E-state index contributed by atoms with van der Waals surface area (Å²) in [6, 6.07) is 14.2. The second-order valence-corrected chi connectivity index (χ2v) is 9.17. The van der Waals surface area contributed by atoms with Crippen LogP contribution in [-0.4, -0.2) is 59.6 Å². The van der Waals surface area contributed by atoms with Gasteiger partial charge < -0.3 is 14.4 Å². The van der Waals surface area contributed by atoms with E-state index in [1.807, 2.05) is 36.7 Å². The minimum atomic E-state index is -0.0286. The number of hydrogen-bond acceptors (Lipinski definition) is 7. The second kappa shape index (κ2) is 11.3. The molecule has 37 heavy (non-hydrogen) atoms. The fourth-order valence-corrected chi connectivity index (χ4v) is 4.56. The van der Waals surface area contributed by atoms with E-state index < -0.39 is 0 Å². The Bertz CT molecular complexity index is 1420. The number of benzene rings is 1. The summed E-state index contributed by atoms with van der Waals surface area (Å²) >= 11 is 0. The smallest absolute Gasteiger partial charge is 0.227 e. The summed E-state index contributed by atoms with van der Waals surface area (Å²) in [4.78, 5) is 28.0. The molecule has 0 radical (unpaired) electrons. The van der Waals surface area contributed by atoms with Crippen molar-refractivity contribution in [3.8, 4) is 5.88 Å². The molecule has 1 saturated heterocycles. The molecule has 0 atom stereocenters. The van der Waals surface area contributed by atoms with Crippen molar-refractivity contribution in [2.75, 3.05) is 37.8 Å². The van der Waals surface area contributed by atoms with E-state index in [4.69, 9.17) is 14.5 Å². The molecule has 1 fully saturated rings. The van der Waals surface area contributed by atoms with Crippen LogP contribution in [0.1, 0.15) is 34.1 Å². The Hall–Kier alpha value is -4.04. The maximum absolute atomic E-state index is 12.1. The zero-order chi connectivity index (χ0) is 25.6. The number of ether oxygens (including phenoxy) is 2. The number of aryl methyl sites for hydroxylation is 1. The summed E-state index contributed by atoms with van der Waals surface area (Å²) in [5.41, 5.74) is 6.06. The zero-order valence-corrected chi connectivity index (χ0v) is 21.3. The molecule has 4 aromatic rings. The molecule has 1 aliphatic heterocycles. The third-order valence-electron chi connectivity index (χ3n) is 6.40. The maximum Gasteiger partial charge on any atom is 0.227 e. The van der Waals surface area contributed by atoms with Gasteiger partial charge in [-0.15, -0.1) is 0 Å². The Morgan fingerprint density at radius 2 is 2.05 bits per heavy atom. The first-order valence-electron chi connectivity index (χ1n) is 12.5. The molecule has 0 amide bonds. The molecule has 0 unspecified atom stereocenters. The van der Waals surface area contributed by atoms with Gasteiger partial charge in [0.05, 0.1) is 37.6 Å². The van der Waals surface area contributed by atoms with Crippen LogP contribution in [0.5, 0.6) is 5.88 Å². The highest BCUT2D eigenvalue weighted by Gasteiger charge is 2.15. The van der Waals surface area contributed by atoms with Gasteiger partial charge in [-0.3, -0.25) is 19.3 Å². The van der Waals surface area contributed by atoms with Crippen molar-refractivity contribution in [2.45, 2.75) is 26.8 Å². The van der Waals surface area contributed by atoms with Crippen LogP contribution >= 0.6 is 0 Å². The predicted molar refractivity (Wildman–Crippen MR) is 145 cm³/mol.